The minimum atomic E-state index is 0.699. The van der Waals surface area contributed by atoms with E-state index < -0.39 is 0 Å². The first-order valence-corrected chi connectivity index (χ1v) is 8.30. The van der Waals surface area contributed by atoms with Crippen molar-refractivity contribution in [2.75, 3.05) is 27.2 Å². The van der Waals surface area contributed by atoms with Crippen LogP contribution in [0.3, 0.4) is 0 Å². The molecule has 2 rings (SSSR count). The third-order valence-corrected chi connectivity index (χ3v) is 3.84. The van der Waals surface area contributed by atoms with Crippen LogP contribution in [0.25, 0.3) is 11.6 Å². The topological polar surface area (TPSA) is 12.5 Å². The number of likely N-dealkylation sites (N-methyl/N-ethyl adjacent to an activating group) is 1. The first kappa shape index (κ1) is 17.6. The van der Waals surface area contributed by atoms with E-state index in [0.717, 1.165) is 23.7 Å². The van der Waals surface area contributed by atoms with Crippen molar-refractivity contribution in [1.82, 2.24) is 4.90 Å². The van der Waals surface area contributed by atoms with Gasteiger partial charge in [0.25, 0.3) is 0 Å². The van der Waals surface area contributed by atoms with Gasteiger partial charge in [-0.05, 0) is 61.5 Å². The Kier molecular flexibility index (Phi) is 6.69. The Morgan fingerprint density at radius 1 is 1.13 bits per heavy atom. The lowest BCUT2D eigenvalue weighted by molar-refractivity contribution is 0.261. The molecule has 0 saturated heterocycles. The van der Waals surface area contributed by atoms with Gasteiger partial charge in [-0.2, -0.15) is 0 Å². The summed E-state index contributed by atoms with van der Waals surface area (Å²) in [6, 6.07) is 16.2. The highest BCUT2D eigenvalue weighted by Gasteiger charge is 2.01. The zero-order chi connectivity index (χ0) is 16.7. The van der Waals surface area contributed by atoms with Crippen LogP contribution in [0.2, 0.25) is 5.02 Å². The third-order valence-electron chi connectivity index (χ3n) is 3.60. The molecule has 0 saturated carbocycles. The summed E-state index contributed by atoms with van der Waals surface area (Å²) < 4.78 is 5.72. The fraction of sp³-hybridized carbons (Fsp3) is 0.300. The Hall–Kier alpha value is -1.77. The number of hydrogen-bond donors (Lipinski definition) is 0. The standard InChI is InChI=1S/C20H24ClNO/c1-4-17(18-6-5-7-19(21)15-18)14-16-8-10-20(11-9-16)23-13-12-22(2)3/h5-11,14-15H,4,12-13H2,1-3H3. The summed E-state index contributed by atoms with van der Waals surface area (Å²) in [7, 11) is 4.08. The second-order valence-electron chi connectivity index (χ2n) is 5.75. The summed E-state index contributed by atoms with van der Waals surface area (Å²) in [5, 5.41) is 0.770. The van der Waals surface area contributed by atoms with E-state index in [0.29, 0.717) is 6.61 Å². The molecule has 0 aliphatic rings. The van der Waals surface area contributed by atoms with Gasteiger partial charge in [0.2, 0.25) is 0 Å². The predicted octanol–water partition coefficient (Wildman–Crippen LogP) is 5.23. The molecule has 2 aromatic rings. The molecule has 0 radical (unpaired) electrons. The van der Waals surface area contributed by atoms with Gasteiger partial charge in [-0.25, -0.2) is 0 Å². The van der Waals surface area contributed by atoms with Crippen molar-refractivity contribution in [3.63, 3.8) is 0 Å². The average Bonchev–Trinajstić information content (AvgIpc) is 2.53. The van der Waals surface area contributed by atoms with Crippen LogP contribution >= 0.6 is 11.6 Å². The van der Waals surface area contributed by atoms with E-state index in [4.69, 9.17) is 16.3 Å². The average molecular weight is 330 g/mol. The Labute approximate surface area is 144 Å². The fourth-order valence-corrected chi connectivity index (χ4v) is 2.48. The number of hydrogen-bond acceptors (Lipinski definition) is 2. The Morgan fingerprint density at radius 3 is 2.48 bits per heavy atom. The molecule has 3 heteroatoms. The van der Waals surface area contributed by atoms with E-state index in [9.17, 15) is 0 Å². The number of allylic oxidation sites excluding steroid dienone is 1. The lowest BCUT2D eigenvalue weighted by atomic mass is 10.0. The van der Waals surface area contributed by atoms with Crippen LogP contribution in [0, 0.1) is 0 Å². The number of halogens is 1. The van der Waals surface area contributed by atoms with E-state index in [2.05, 4.69) is 36.1 Å². The first-order chi connectivity index (χ1) is 11.1. The normalized spacial score (nSPS) is 11.8. The molecular weight excluding hydrogens is 306 g/mol. The van der Waals surface area contributed by atoms with Crippen molar-refractivity contribution in [3.8, 4) is 5.75 Å². The molecule has 0 heterocycles. The number of rotatable bonds is 7. The molecule has 0 aliphatic heterocycles. The molecule has 0 aliphatic carbocycles. The van der Waals surface area contributed by atoms with Gasteiger partial charge in [-0.1, -0.05) is 48.9 Å². The molecule has 0 unspecified atom stereocenters. The first-order valence-electron chi connectivity index (χ1n) is 7.92. The maximum absolute atomic E-state index is 6.09. The second-order valence-corrected chi connectivity index (χ2v) is 6.19. The summed E-state index contributed by atoms with van der Waals surface area (Å²) in [4.78, 5) is 2.11. The molecule has 0 fully saturated rings. The highest BCUT2D eigenvalue weighted by molar-refractivity contribution is 6.30. The van der Waals surface area contributed by atoms with Gasteiger partial charge in [-0.15, -0.1) is 0 Å². The molecule has 0 spiro atoms. The molecule has 2 nitrogen and oxygen atoms in total. The molecule has 0 amide bonds. The molecule has 2 aromatic carbocycles. The smallest absolute Gasteiger partial charge is 0.119 e. The third kappa shape index (κ3) is 5.74. The summed E-state index contributed by atoms with van der Waals surface area (Å²) in [6.45, 7) is 3.77. The molecule has 0 N–H and O–H groups in total. The maximum atomic E-state index is 6.09. The molecule has 0 atom stereocenters. The largest absolute Gasteiger partial charge is 0.492 e. The van der Waals surface area contributed by atoms with Crippen LogP contribution in [0.15, 0.2) is 48.5 Å². The van der Waals surface area contributed by atoms with E-state index in [-0.39, 0.29) is 0 Å². The van der Waals surface area contributed by atoms with Gasteiger partial charge >= 0.3 is 0 Å². The van der Waals surface area contributed by atoms with Crippen LogP contribution in [0.4, 0.5) is 0 Å². The number of benzene rings is 2. The van der Waals surface area contributed by atoms with Crippen molar-refractivity contribution < 1.29 is 4.74 Å². The minimum Gasteiger partial charge on any atom is -0.492 e. The number of nitrogens with zero attached hydrogens (tertiary/aromatic N) is 1. The maximum Gasteiger partial charge on any atom is 0.119 e. The lowest BCUT2D eigenvalue weighted by Gasteiger charge is -2.11. The van der Waals surface area contributed by atoms with E-state index in [1.165, 1.54) is 16.7 Å². The van der Waals surface area contributed by atoms with E-state index in [1.807, 2.05) is 44.4 Å². The second kappa shape index (κ2) is 8.76. The van der Waals surface area contributed by atoms with E-state index in [1.54, 1.807) is 0 Å². The highest BCUT2D eigenvalue weighted by Crippen LogP contribution is 2.24. The summed E-state index contributed by atoms with van der Waals surface area (Å²) in [6.07, 6.45) is 3.16. The molecule has 0 bridgehead atoms. The van der Waals surface area contributed by atoms with Gasteiger partial charge < -0.3 is 9.64 Å². The monoisotopic (exact) mass is 329 g/mol. The van der Waals surface area contributed by atoms with Crippen LogP contribution in [-0.2, 0) is 0 Å². The van der Waals surface area contributed by atoms with Crippen molar-refractivity contribution in [2.45, 2.75) is 13.3 Å². The van der Waals surface area contributed by atoms with Gasteiger partial charge in [0.15, 0.2) is 0 Å². The van der Waals surface area contributed by atoms with Gasteiger partial charge in [0.1, 0.15) is 12.4 Å². The fourth-order valence-electron chi connectivity index (χ4n) is 2.29. The zero-order valence-electron chi connectivity index (χ0n) is 14.1. The van der Waals surface area contributed by atoms with Gasteiger partial charge in [-0.3, -0.25) is 0 Å². The molecule has 23 heavy (non-hydrogen) atoms. The van der Waals surface area contributed by atoms with Crippen molar-refractivity contribution >= 4 is 23.3 Å². The minimum absolute atomic E-state index is 0.699. The van der Waals surface area contributed by atoms with Crippen molar-refractivity contribution in [2.24, 2.45) is 0 Å². The molecule has 122 valence electrons. The van der Waals surface area contributed by atoms with Crippen molar-refractivity contribution in [1.29, 1.82) is 0 Å². The summed E-state index contributed by atoms with van der Waals surface area (Å²) in [5.74, 6) is 0.907. The van der Waals surface area contributed by atoms with Gasteiger partial charge in [0, 0.05) is 11.6 Å². The Balaban J connectivity index is 2.08. The molecular formula is C20H24ClNO. The highest BCUT2D eigenvalue weighted by atomic mass is 35.5. The Morgan fingerprint density at radius 2 is 1.87 bits per heavy atom. The van der Waals surface area contributed by atoms with Gasteiger partial charge in [0.05, 0.1) is 0 Å². The SMILES string of the molecule is CCC(=Cc1ccc(OCCN(C)C)cc1)c1cccc(Cl)c1. The van der Waals surface area contributed by atoms with E-state index >= 15 is 0 Å². The summed E-state index contributed by atoms with van der Waals surface area (Å²) >= 11 is 6.09. The predicted molar refractivity (Wildman–Crippen MR) is 100 cm³/mol. The van der Waals surface area contributed by atoms with Crippen LogP contribution in [0.5, 0.6) is 5.75 Å². The van der Waals surface area contributed by atoms with Crippen LogP contribution in [-0.4, -0.2) is 32.1 Å². The van der Waals surface area contributed by atoms with Crippen molar-refractivity contribution in [3.05, 3.63) is 64.7 Å². The lowest BCUT2D eigenvalue weighted by Crippen LogP contribution is -2.19. The van der Waals surface area contributed by atoms with Crippen LogP contribution in [0.1, 0.15) is 24.5 Å². The number of ether oxygens (including phenoxy) is 1. The van der Waals surface area contributed by atoms with Crippen LogP contribution < -0.4 is 4.74 Å². The quantitative estimate of drug-likeness (QED) is 0.645. The summed E-state index contributed by atoms with van der Waals surface area (Å²) in [5.41, 5.74) is 3.61. The molecule has 0 aromatic heterocycles. The zero-order valence-corrected chi connectivity index (χ0v) is 14.8. The Bertz CT molecular complexity index is 647.